The Kier molecular flexibility index (Phi) is 25.5. The van der Waals surface area contributed by atoms with Crippen LogP contribution in [0.3, 0.4) is 0 Å². The number of hydrogen-bond donors (Lipinski definition) is 0. The maximum absolute atomic E-state index is 13.4. The van der Waals surface area contributed by atoms with Crippen molar-refractivity contribution in [3.05, 3.63) is 111 Å². The third kappa shape index (κ3) is 15.6. The fourth-order valence-corrected chi connectivity index (χ4v) is 4.88. The van der Waals surface area contributed by atoms with Crippen molar-refractivity contribution in [1.29, 1.82) is 0 Å². The molecule has 0 saturated carbocycles. The van der Waals surface area contributed by atoms with Crippen LogP contribution in [0.4, 0.5) is 13.2 Å². The zero-order valence-corrected chi connectivity index (χ0v) is 32.6. The van der Waals surface area contributed by atoms with Crippen LogP contribution in [-0.4, -0.2) is 11.4 Å². The number of allylic oxidation sites excluding steroid dienone is 5. The lowest BCUT2D eigenvalue weighted by atomic mass is 9.95. The van der Waals surface area contributed by atoms with E-state index in [0.717, 1.165) is 47.9 Å². The molecule has 1 atom stereocenters. The highest BCUT2D eigenvalue weighted by molar-refractivity contribution is 5.62. The maximum atomic E-state index is 13.4. The molecule has 2 heterocycles. The molecule has 1 nitrogen and oxygen atoms in total. The first-order valence-electron chi connectivity index (χ1n) is 18.0. The first-order chi connectivity index (χ1) is 22.3. The topological polar surface area (TPSA) is 3.24 Å². The predicted octanol–water partition coefficient (Wildman–Crippen LogP) is 14.7. The molecular formula is C43H68F3N. The van der Waals surface area contributed by atoms with Crippen LogP contribution in [0.15, 0.2) is 71.6 Å². The second-order valence-electron chi connectivity index (χ2n) is 11.9. The van der Waals surface area contributed by atoms with Gasteiger partial charge < -0.3 is 4.90 Å². The van der Waals surface area contributed by atoms with Crippen LogP contribution in [0, 0.1) is 24.4 Å². The van der Waals surface area contributed by atoms with Gasteiger partial charge in [0.2, 0.25) is 0 Å². The number of nitrogens with zero attached hydrogens (tertiary/aromatic N) is 1. The average Bonchev–Trinajstić information content (AvgIpc) is 3.53. The number of halogens is 3. The highest BCUT2D eigenvalue weighted by Crippen LogP contribution is 2.36. The van der Waals surface area contributed by atoms with Crippen molar-refractivity contribution in [2.24, 2.45) is 0 Å². The van der Waals surface area contributed by atoms with Crippen LogP contribution in [0.25, 0.3) is 5.57 Å². The number of fused-ring (bicyclic) bond motifs is 1. The van der Waals surface area contributed by atoms with Crippen molar-refractivity contribution in [2.45, 2.75) is 148 Å². The van der Waals surface area contributed by atoms with Gasteiger partial charge in [0.25, 0.3) is 0 Å². The third-order valence-electron chi connectivity index (χ3n) is 7.80. The quantitative estimate of drug-likeness (QED) is 0.310. The second-order valence-corrected chi connectivity index (χ2v) is 11.9. The Morgan fingerprint density at radius 2 is 1.45 bits per heavy atom. The molecule has 266 valence electrons. The van der Waals surface area contributed by atoms with Crippen LogP contribution < -0.4 is 0 Å². The van der Waals surface area contributed by atoms with Gasteiger partial charge in [-0.2, -0.15) is 0 Å². The summed E-state index contributed by atoms with van der Waals surface area (Å²) in [6, 6.07) is 8.01. The van der Waals surface area contributed by atoms with E-state index in [-0.39, 0.29) is 11.7 Å². The first kappa shape index (κ1) is 46.1. The van der Waals surface area contributed by atoms with Gasteiger partial charge >= 0.3 is 0 Å². The normalized spacial score (nSPS) is 14.3. The van der Waals surface area contributed by atoms with Crippen LogP contribution in [-0.2, 0) is 6.42 Å². The van der Waals surface area contributed by atoms with Gasteiger partial charge in [0.15, 0.2) is 11.6 Å². The van der Waals surface area contributed by atoms with Gasteiger partial charge in [-0.05, 0) is 111 Å². The van der Waals surface area contributed by atoms with Crippen LogP contribution in [0.5, 0.6) is 0 Å². The summed E-state index contributed by atoms with van der Waals surface area (Å²) in [5.74, 6) is -1.32. The molecule has 2 aromatic carbocycles. The Morgan fingerprint density at radius 3 is 1.94 bits per heavy atom. The van der Waals surface area contributed by atoms with Gasteiger partial charge in [0.05, 0.1) is 0 Å². The van der Waals surface area contributed by atoms with Crippen molar-refractivity contribution < 1.29 is 13.2 Å². The van der Waals surface area contributed by atoms with E-state index in [2.05, 4.69) is 79.0 Å². The average molecular weight is 656 g/mol. The molecule has 0 amide bonds. The first-order valence-corrected chi connectivity index (χ1v) is 18.0. The minimum absolute atomic E-state index is 0.107. The Balaban J connectivity index is 0. The van der Waals surface area contributed by atoms with E-state index in [4.69, 9.17) is 0 Å². The lowest BCUT2D eigenvalue weighted by Crippen LogP contribution is -2.23. The summed E-state index contributed by atoms with van der Waals surface area (Å²) in [6.07, 6.45) is 12.5. The van der Waals surface area contributed by atoms with Crippen molar-refractivity contribution in [2.75, 3.05) is 6.54 Å². The lowest BCUT2D eigenvalue weighted by Gasteiger charge is -2.31. The second kappa shape index (κ2) is 26.0. The summed E-state index contributed by atoms with van der Waals surface area (Å²) < 4.78 is 38.8. The van der Waals surface area contributed by atoms with Crippen molar-refractivity contribution >= 4 is 5.57 Å². The minimum atomic E-state index is -0.764. The Labute approximate surface area is 288 Å². The number of rotatable bonds is 5. The van der Waals surface area contributed by atoms with Crippen LogP contribution in [0.2, 0.25) is 0 Å². The van der Waals surface area contributed by atoms with Crippen LogP contribution >= 0.6 is 0 Å². The summed E-state index contributed by atoms with van der Waals surface area (Å²) >= 11 is 0. The molecule has 2 aliphatic rings. The molecule has 0 spiro atoms. The lowest BCUT2D eigenvalue weighted by molar-refractivity contribution is 0.441. The molecule has 0 bridgehead atoms. The maximum Gasteiger partial charge on any atom is 0.161 e. The summed E-state index contributed by atoms with van der Waals surface area (Å²) in [6.45, 7) is 33.8. The van der Waals surface area contributed by atoms with Gasteiger partial charge in [-0.1, -0.05) is 119 Å². The molecule has 0 fully saturated rings. The summed E-state index contributed by atoms with van der Waals surface area (Å²) in [5.41, 5.74) is 10.1. The van der Waals surface area contributed by atoms with E-state index < -0.39 is 11.6 Å². The number of aryl methyl sites for hydroxylation is 1. The molecule has 0 N–H and O–H groups in total. The summed E-state index contributed by atoms with van der Waals surface area (Å²) in [4.78, 5) is 2.47. The largest absolute Gasteiger partial charge is 0.348 e. The van der Waals surface area contributed by atoms with E-state index in [9.17, 15) is 13.2 Å². The van der Waals surface area contributed by atoms with Gasteiger partial charge in [-0.3, -0.25) is 0 Å². The van der Waals surface area contributed by atoms with Gasteiger partial charge in [0, 0.05) is 24.4 Å². The molecule has 4 heteroatoms. The van der Waals surface area contributed by atoms with Crippen molar-refractivity contribution in [3.63, 3.8) is 0 Å². The molecule has 0 saturated heterocycles. The van der Waals surface area contributed by atoms with E-state index in [0.29, 0.717) is 5.56 Å². The fourth-order valence-electron chi connectivity index (χ4n) is 4.88. The Hall–Kier alpha value is -3.01. The summed E-state index contributed by atoms with van der Waals surface area (Å²) in [5, 5.41) is 0. The SMILES string of the molecule is C=C(C)c1ccc(F)c(C(C)CC)c1.CC.CCC.CCC.CCC=C1CC2=CCCN2C(C)=C1C.CCc1ccc(F)c(F)c1C. The van der Waals surface area contributed by atoms with E-state index >= 15 is 0 Å². The van der Waals surface area contributed by atoms with E-state index in [1.807, 2.05) is 40.7 Å². The monoisotopic (exact) mass is 656 g/mol. The number of hydrogen-bond acceptors (Lipinski definition) is 1. The zero-order valence-electron chi connectivity index (χ0n) is 32.6. The highest BCUT2D eigenvalue weighted by Gasteiger charge is 2.24. The minimum Gasteiger partial charge on any atom is -0.348 e. The predicted molar refractivity (Wildman–Crippen MR) is 204 cm³/mol. The van der Waals surface area contributed by atoms with Gasteiger partial charge in [-0.15, -0.1) is 0 Å². The molecule has 2 aliphatic heterocycles. The number of benzene rings is 2. The zero-order chi connectivity index (χ0) is 36.7. The molecule has 2 aromatic rings. The van der Waals surface area contributed by atoms with E-state index in [1.165, 1.54) is 60.5 Å². The molecule has 0 aromatic heterocycles. The fraction of sp³-hybridized carbons (Fsp3) is 0.535. The van der Waals surface area contributed by atoms with Crippen molar-refractivity contribution in [3.8, 4) is 0 Å². The molecule has 1 unspecified atom stereocenters. The van der Waals surface area contributed by atoms with Gasteiger partial charge in [-0.25, -0.2) is 13.2 Å². The molecule has 47 heavy (non-hydrogen) atoms. The third-order valence-corrected chi connectivity index (χ3v) is 7.80. The van der Waals surface area contributed by atoms with Gasteiger partial charge in [0.1, 0.15) is 5.82 Å². The highest BCUT2D eigenvalue weighted by atomic mass is 19.2. The van der Waals surface area contributed by atoms with E-state index in [1.54, 1.807) is 19.1 Å². The summed E-state index contributed by atoms with van der Waals surface area (Å²) in [7, 11) is 0. The molecular weight excluding hydrogens is 587 g/mol. The van der Waals surface area contributed by atoms with Crippen molar-refractivity contribution in [1.82, 2.24) is 4.90 Å². The molecule has 0 aliphatic carbocycles. The Morgan fingerprint density at radius 1 is 0.894 bits per heavy atom. The standard InChI is InChI=1S/C13H17F.C13H19N.C9H10F2.2C3H8.C2H6/c1-5-10(4)12-8-11(9(2)3)6-7-13(12)14;1-4-6-12-9-13-7-5-8-14(13)11(3)10(12)2;1-3-7-4-5-8(10)9(11)6(7)2;2*1-3-2;1-2/h6-8,10H,2,5H2,1,3-4H3;6-7H,4-5,8-9H2,1-3H3;4-5H,3H2,1-2H3;2*3H2,1-2H3;1-2H3. The smallest absolute Gasteiger partial charge is 0.161 e. The van der Waals surface area contributed by atoms with Crippen LogP contribution in [0.1, 0.15) is 157 Å². The molecule has 0 radical (unpaired) electrons. The molecule has 4 rings (SSSR count). The Bertz CT molecular complexity index is 1280.